The van der Waals surface area contributed by atoms with Crippen molar-refractivity contribution in [1.82, 2.24) is 5.32 Å². The SMILES string of the molecule is COC(=O)C(NC(=O)C1COCC1N)c1ccccc1. The lowest BCUT2D eigenvalue weighted by molar-refractivity contribution is -0.145. The molecule has 20 heavy (non-hydrogen) atoms. The highest BCUT2D eigenvalue weighted by atomic mass is 16.5. The van der Waals surface area contributed by atoms with Gasteiger partial charge in [0.1, 0.15) is 0 Å². The predicted molar refractivity (Wildman–Crippen MR) is 71.6 cm³/mol. The van der Waals surface area contributed by atoms with Crippen LogP contribution in [0.15, 0.2) is 30.3 Å². The second-order valence-corrected chi connectivity index (χ2v) is 4.68. The van der Waals surface area contributed by atoms with Crippen LogP contribution in [0.25, 0.3) is 0 Å². The van der Waals surface area contributed by atoms with Gasteiger partial charge in [-0.15, -0.1) is 0 Å². The third kappa shape index (κ3) is 3.15. The highest BCUT2D eigenvalue weighted by Crippen LogP contribution is 2.17. The van der Waals surface area contributed by atoms with Crippen molar-refractivity contribution in [1.29, 1.82) is 0 Å². The van der Waals surface area contributed by atoms with Crippen LogP contribution >= 0.6 is 0 Å². The van der Waals surface area contributed by atoms with Crippen molar-refractivity contribution in [2.24, 2.45) is 11.7 Å². The zero-order valence-corrected chi connectivity index (χ0v) is 11.2. The number of nitrogens with one attached hydrogen (secondary N) is 1. The predicted octanol–water partition coefficient (Wildman–Crippen LogP) is -0.00940. The summed E-state index contributed by atoms with van der Waals surface area (Å²) in [6, 6.07) is 7.76. The van der Waals surface area contributed by atoms with Gasteiger partial charge in [-0.2, -0.15) is 0 Å². The number of hydrogen-bond donors (Lipinski definition) is 2. The fraction of sp³-hybridized carbons (Fsp3) is 0.429. The maximum absolute atomic E-state index is 12.2. The standard InChI is InChI=1S/C14H18N2O4/c1-19-14(18)12(9-5-3-2-4-6-9)16-13(17)10-7-20-8-11(10)15/h2-6,10-12H,7-8,15H2,1H3,(H,16,17). The van der Waals surface area contributed by atoms with Crippen LogP contribution in [0.1, 0.15) is 11.6 Å². The van der Waals surface area contributed by atoms with Crippen molar-refractivity contribution in [3.63, 3.8) is 0 Å². The van der Waals surface area contributed by atoms with Crippen molar-refractivity contribution >= 4 is 11.9 Å². The van der Waals surface area contributed by atoms with Gasteiger partial charge < -0.3 is 20.5 Å². The van der Waals surface area contributed by atoms with Crippen molar-refractivity contribution < 1.29 is 19.1 Å². The Morgan fingerprint density at radius 3 is 2.60 bits per heavy atom. The Balaban J connectivity index is 2.12. The summed E-state index contributed by atoms with van der Waals surface area (Å²) in [6.45, 7) is 0.627. The molecule has 2 rings (SSSR count). The lowest BCUT2D eigenvalue weighted by Crippen LogP contribution is -2.44. The zero-order valence-electron chi connectivity index (χ0n) is 11.2. The number of hydrogen-bond acceptors (Lipinski definition) is 5. The summed E-state index contributed by atoms with van der Waals surface area (Å²) >= 11 is 0. The summed E-state index contributed by atoms with van der Waals surface area (Å²) < 4.78 is 9.90. The molecule has 1 heterocycles. The number of nitrogens with two attached hydrogens (primary N) is 1. The number of benzene rings is 1. The zero-order chi connectivity index (χ0) is 14.5. The molecule has 3 unspecified atom stereocenters. The number of carbonyl (C=O) groups excluding carboxylic acids is 2. The van der Waals surface area contributed by atoms with E-state index in [4.69, 9.17) is 15.2 Å². The highest BCUT2D eigenvalue weighted by Gasteiger charge is 2.34. The smallest absolute Gasteiger partial charge is 0.333 e. The quantitative estimate of drug-likeness (QED) is 0.756. The van der Waals surface area contributed by atoms with Crippen LogP contribution in [0.3, 0.4) is 0 Å². The second kappa shape index (κ2) is 6.49. The fourth-order valence-corrected chi connectivity index (χ4v) is 2.13. The molecule has 0 aromatic heterocycles. The summed E-state index contributed by atoms with van der Waals surface area (Å²) in [5.41, 5.74) is 6.47. The van der Waals surface area contributed by atoms with E-state index in [0.29, 0.717) is 12.2 Å². The molecule has 1 saturated heterocycles. The van der Waals surface area contributed by atoms with E-state index < -0.39 is 17.9 Å². The molecule has 0 radical (unpaired) electrons. The van der Waals surface area contributed by atoms with E-state index in [9.17, 15) is 9.59 Å². The maximum Gasteiger partial charge on any atom is 0.333 e. The molecular formula is C14H18N2O4. The number of rotatable bonds is 4. The molecule has 6 heteroatoms. The molecule has 3 N–H and O–H groups in total. The summed E-state index contributed by atoms with van der Waals surface area (Å²) in [6.07, 6.45) is 0. The van der Waals surface area contributed by atoms with E-state index in [0.717, 1.165) is 0 Å². The Labute approximate surface area is 117 Å². The molecule has 0 aliphatic carbocycles. The summed E-state index contributed by atoms with van der Waals surface area (Å²) in [7, 11) is 1.29. The molecule has 108 valence electrons. The lowest BCUT2D eigenvalue weighted by atomic mass is 10.0. The van der Waals surface area contributed by atoms with Crippen LogP contribution < -0.4 is 11.1 Å². The Morgan fingerprint density at radius 1 is 1.35 bits per heavy atom. The number of ether oxygens (including phenoxy) is 2. The molecule has 1 aromatic carbocycles. The lowest BCUT2D eigenvalue weighted by Gasteiger charge is -2.20. The van der Waals surface area contributed by atoms with Gasteiger partial charge in [-0.05, 0) is 5.56 Å². The van der Waals surface area contributed by atoms with Crippen LogP contribution in [0, 0.1) is 5.92 Å². The van der Waals surface area contributed by atoms with E-state index in [-0.39, 0.29) is 18.6 Å². The van der Waals surface area contributed by atoms with Gasteiger partial charge in [-0.1, -0.05) is 30.3 Å². The molecule has 1 aliphatic rings. The molecule has 6 nitrogen and oxygen atoms in total. The van der Waals surface area contributed by atoms with Gasteiger partial charge in [-0.25, -0.2) is 4.79 Å². The van der Waals surface area contributed by atoms with Gasteiger partial charge in [0.25, 0.3) is 0 Å². The van der Waals surface area contributed by atoms with E-state index in [1.807, 2.05) is 6.07 Å². The van der Waals surface area contributed by atoms with E-state index in [1.54, 1.807) is 24.3 Å². The van der Waals surface area contributed by atoms with Crippen LogP contribution in [0.4, 0.5) is 0 Å². The molecule has 0 spiro atoms. The molecule has 1 amide bonds. The highest BCUT2D eigenvalue weighted by molar-refractivity contribution is 5.87. The first-order valence-electron chi connectivity index (χ1n) is 6.40. The first-order valence-corrected chi connectivity index (χ1v) is 6.40. The Morgan fingerprint density at radius 2 is 2.05 bits per heavy atom. The minimum Gasteiger partial charge on any atom is -0.467 e. The third-order valence-corrected chi connectivity index (χ3v) is 3.32. The Hall–Kier alpha value is -1.92. The Kier molecular flexibility index (Phi) is 4.70. The average Bonchev–Trinajstić information content (AvgIpc) is 2.91. The first kappa shape index (κ1) is 14.5. The van der Waals surface area contributed by atoms with Gasteiger partial charge in [0.15, 0.2) is 6.04 Å². The van der Waals surface area contributed by atoms with Gasteiger partial charge >= 0.3 is 5.97 Å². The van der Waals surface area contributed by atoms with Crippen molar-refractivity contribution in [2.75, 3.05) is 20.3 Å². The van der Waals surface area contributed by atoms with E-state index in [2.05, 4.69) is 5.32 Å². The van der Waals surface area contributed by atoms with Gasteiger partial charge in [0.05, 0.1) is 26.2 Å². The first-order chi connectivity index (χ1) is 9.63. The van der Waals surface area contributed by atoms with Crippen molar-refractivity contribution in [3.05, 3.63) is 35.9 Å². The molecule has 3 atom stereocenters. The topological polar surface area (TPSA) is 90.6 Å². The number of esters is 1. The number of carbonyl (C=O) groups is 2. The van der Waals surface area contributed by atoms with E-state index >= 15 is 0 Å². The minimum atomic E-state index is -0.832. The van der Waals surface area contributed by atoms with Gasteiger partial charge in [-0.3, -0.25) is 4.79 Å². The van der Waals surface area contributed by atoms with Crippen molar-refractivity contribution in [3.8, 4) is 0 Å². The largest absolute Gasteiger partial charge is 0.467 e. The second-order valence-electron chi connectivity index (χ2n) is 4.68. The van der Waals surface area contributed by atoms with Crippen LogP contribution in [0.5, 0.6) is 0 Å². The number of amides is 1. The molecule has 1 aromatic rings. The van der Waals surface area contributed by atoms with Crippen LogP contribution in [0.2, 0.25) is 0 Å². The van der Waals surface area contributed by atoms with Crippen LogP contribution in [-0.4, -0.2) is 38.2 Å². The molecule has 1 aliphatic heterocycles. The normalized spacial score (nSPS) is 23.1. The van der Waals surface area contributed by atoms with Gasteiger partial charge in [0, 0.05) is 6.04 Å². The fourth-order valence-electron chi connectivity index (χ4n) is 2.13. The number of methoxy groups -OCH3 is 1. The monoisotopic (exact) mass is 278 g/mol. The van der Waals surface area contributed by atoms with Gasteiger partial charge in [0.2, 0.25) is 5.91 Å². The maximum atomic E-state index is 12.2. The Bertz CT molecular complexity index is 477. The molecular weight excluding hydrogens is 260 g/mol. The van der Waals surface area contributed by atoms with Crippen LogP contribution in [-0.2, 0) is 19.1 Å². The third-order valence-electron chi connectivity index (χ3n) is 3.32. The molecule has 0 saturated carbocycles. The average molecular weight is 278 g/mol. The van der Waals surface area contributed by atoms with Crippen molar-refractivity contribution in [2.45, 2.75) is 12.1 Å². The summed E-state index contributed by atoms with van der Waals surface area (Å²) in [5.74, 6) is -1.25. The summed E-state index contributed by atoms with van der Waals surface area (Å²) in [4.78, 5) is 24.0. The summed E-state index contributed by atoms with van der Waals surface area (Å²) in [5, 5.41) is 2.68. The molecule has 0 bridgehead atoms. The molecule has 1 fully saturated rings. The van der Waals surface area contributed by atoms with E-state index in [1.165, 1.54) is 7.11 Å². The minimum absolute atomic E-state index is 0.273.